The van der Waals surface area contributed by atoms with Gasteiger partial charge in [-0.15, -0.1) is 23.1 Å². The van der Waals surface area contributed by atoms with Crippen LogP contribution in [0.15, 0.2) is 34.5 Å². The molecule has 0 aliphatic carbocycles. The first-order valence-corrected chi connectivity index (χ1v) is 11.2. The summed E-state index contributed by atoms with van der Waals surface area (Å²) in [5.74, 6) is 0.834. The third kappa shape index (κ3) is 6.07. The number of rotatable bonds is 7. The highest BCUT2D eigenvalue weighted by atomic mass is 32.2. The zero-order chi connectivity index (χ0) is 19.1. The molecule has 0 unspecified atom stereocenters. The smallest absolute Gasteiger partial charge is 0.251 e. The fourth-order valence-electron chi connectivity index (χ4n) is 3.02. The van der Waals surface area contributed by atoms with Crippen LogP contribution in [0.3, 0.4) is 0 Å². The first-order valence-electron chi connectivity index (χ1n) is 9.31. The van der Waals surface area contributed by atoms with Crippen LogP contribution in [0.25, 0.3) is 0 Å². The van der Waals surface area contributed by atoms with Crippen molar-refractivity contribution in [3.05, 3.63) is 45.9 Å². The molecule has 0 radical (unpaired) electrons. The summed E-state index contributed by atoms with van der Waals surface area (Å²) >= 11 is 3.37. The fourth-order valence-corrected chi connectivity index (χ4v) is 4.53. The van der Waals surface area contributed by atoms with Gasteiger partial charge in [0.05, 0.1) is 10.7 Å². The van der Waals surface area contributed by atoms with E-state index in [2.05, 4.69) is 15.7 Å². The lowest BCUT2D eigenvalue weighted by molar-refractivity contribution is -0.131. The van der Waals surface area contributed by atoms with Gasteiger partial charge in [-0.05, 0) is 50.5 Å². The van der Waals surface area contributed by atoms with Gasteiger partial charge in [0.2, 0.25) is 5.91 Å². The molecule has 0 bridgehead atoms. The quantitative estimate of drug-likeness (QED) is 0.713. The summed E-state index contributed by atoms with van der Waals surface area (Å²) in [6, 6.07) is 7.57. The topological polar surface area (TPSA) is 62.3 Å². The van der Waals surface area contributed by atoms with Crippen molar-refractivity contribution in [2.75, 3.05) is 19.6 Å². The van der Waals surface area contributed by atoms with Gasteiger partial charge in [-0.2, -0.15) is 0 Å². The number of piperidine rings is 1. The second-order valence-corrected chi connectivity index (χ2v) is 8.73. The molecule has 1 aromatic heterocycles. The third-order valence-corrected chi connectivity index (χ3v) is 6.37. The molecule has 3 rings (SSSR count). The predicted molar refractivity (Wildman–Crippen MR) is 110 cm³/mol. The maximum absolute atomic E-state index is 12.2. The number of hydrogen-bond donors (Lipinski definition) is 1. The van der Waals surface area contributed by atoms with Gasteiger partial charge in [-0.3, -0.25) is 9.59 Å². The Labute approximate surface area is 168 Å². The van der Waals surface area contributed by atoms with Crippen LogP contribution in [0.1, 0.15) is 46.7 Å². The lowest BCUT2D eigenvalue weighted by atomic mass is 10.1. The van der Waals surface area contributed by atoms with Gasteiger partial charge in [-0.1, -0.05) is 0 Å². The zero-order valence-electron chi connectivity index (χ0n) is 15.6. The Balaban J connectivity index is 1.41. The van der Waals surface area contributed by atoms with E-state index >= 15 is 0 Å². The standard InChI is InChI=1S/C20H25N3O2S2/c1-15-22-17(13-26-15)14-27-18-7-5-16(6-8-18)20(25)21-10-9-19(24)23-11-3-2-4-12-23/h5-8,13H,2-4,9-12,14H2,1H3,(H,21,25). The summed E-state index contributed by atoms with van der Waals surface area (Å²) in [4.78, 5) is 31.8. The Kier molecular flexibility index (Phi) is 7.29. The second kappa shape index (κ2) is 9.90. The van der Waals surface area contributed by atoms with Gasteiger partial charge in [-0.25, -0.2) is 4.98 Å². The van der Waals surface area contributed by atoms with E-state index in [1.165, 1.54) is 6.42 Å². The first-order chi connectivity index (χ1) is 13.1. The maximum atomic E-state index is 12.2. The van der Waals surface area contributed by atoms with Gasteiger partial charge in [0.1, 0.15) is 0 Å². The van der Waals surface area contributed by atoms with Crippen molar-refractivity contribution in [2.24, 2.45) is 0 Å². The number of aryl methyl sites for hydroxylation is 1. The number of hydrogen-bond acceptors (Lipinski definition) is 5. The van der Waals surface area contributed by atoms with E-state index in [1.807, 2.05) is 36.1 Å². The Bertz CT molecular complexity index is 768. The molecule has 2 heterocycles. The van der Waals surface area contributed by atoms with Gasteiger partial charge in [0, 0.05) is 47.6 Å². The average molecular weight is 404 g/mol. The zero-order valence-corrected chi connectivity index (χ0v) is 17.2. The average Bonchev–Trinajstić information content (AvgIpc) is 3.12. The monoisotopic (exact) mass is 403 g/mol. The molecular formula is C20H25N3O2S2. The number of aromatic nitrogens is 1. The molecule has 1 N–H and O–H groups in total. The molecular weight excluding hydrogens is 378 g/mol. The van der Waals surface area contributed by atoms with Crippen molar-refractivity contribution in [2.45, 2.75) is 43.3 Å². The van der Waals surface area contributed by atoms with E-state index in [-0.39, 0.29) is 11.8 Å². The summed E-state index contributed by atoms with van der Waals surface area (Å²) < 4.78 is 0. The van der Waals surface area contributed by atoms with Crippen LogP contribution in [-0.4, -0.2) is 41.3 Å². The SMILES string of the molecule is Cc1nc(CSc2ccc(C(=O)NCCC(=O)N3CCCCC3)cc2)cs1. The fraction of sp³-hybridized carbons (Fsp3) is 0.450. The van der Waals surface area contributed by atoms with E-state index in [4.69, 9.17) is 0 Å². The van der Waals surface area contributed by atoms with Crippen molar-refractivity contribution in [1.29, 1.82) is 0 Å². The molecule has 7 heteroatoms. The van der Waals surface area contributed by atoms with Crippen LogP contribution in [0, 0.1) is 6.92 Å². The van der Waals surface area contributed by atoms with E-state index in [0.717, 1.165) is 47.3 Å². The van der Waals surface area contributed by atoms with E-state index < -0.39 is 0 Å². The van der Waals surface area contributed by atoms with Crippen LogP contribution in [-0.2, 0) is 10.5 Å². The lowest BCUT2D eigenvalue weighted by Crippen LogP contribution is -2.37. The highest BCUT2D eigenvalue weighted by Crippen LogP contribution is 2.23. The van der Waals surface area contributed by atoms with Gasteiger partial charge >= 0.3 is 0 Å². The summed E-state index contributed by atoms with van der Waals surface area (Å²) in [7, 11) is 0. The minimum atomic E-state index is -0.131. The molecule has 1 saturated heterocycles. The van der Waals surface area contributed by atoms with Crippen molar-refractivity contribution < 1.29 is 9.59 Å². The summed E-state index contributed by atoms with van der Waals surface area (Å²) in [5.41, 5.74) is 1.71. The number of thiazole rings is 1. The molecule has 0 spiro atoms. The molecule has 27 heavy (non-hydrogen) atoms. The number of thioether (sulfide) groups is 1. The number of carbonyl (C=O) groups is 2. The van der Waals surface area contributed by atoms with Crippen molar-refractivity contribution in [3.8, 4) is 0 Å². The first kappa shape index (κ1) is 19.9. The largest absolute Gasteiger partial charge is 0.352 e. The highest BCUT2D eigenvalue weighted by Gasteiger charge is 2.16. The molecule has 144 valence electrons. The van der Waals surface area contributed by atoms with Crippen LogP contribution in [0.4, 0.5) is 0 Å². The molecule has 1 aromatic carbocycles. The van der Waals surface area contributed by atoms with Crippen LogP contribution in [0.5, 0.6) is 0 Å². The molecule has 1 aliphatic rings. The number of nitrogens with one attached hydrogen (secondary N) is 1. The maximum Gasteiger partial charge on any atom is 0.251 e. The molecule has 5 nitrogen and oxygen atoms in total. The minimum Gasteiger partial charge on any atom is -0.352 e. The van der Waals surface area contributed by atoms with Crippen LogP contribution >= 0.6 is 23.1 Å². The second-order valence-electron chi connectivity index (χ2n) is 6.62. The van der Waals surface area contributed by atoms with Gasteiger partial charge in [0.25, 0.3) is 5.91 Å². The van der Waals surface area contributed by atoms with Crippen molar-refractivity contribution in [1.82, 2.24) is 15.2 Å². The number of likely N-dealkylation sites (tertiary alicyclic amines) is 1. The number of benzene rings is 1. The van der Waals surface area contributed by atoms with E-state index in [1.54, 1.807) is 23.1 Å². The van der Waals surface area contributed by atoms with Crippen LogP contribution in [0.2, 0.25) is 0 Å². The van der Waals surface area contributed by atoms with Gasteiger partial charge < -0.3 is 10.2 Å². The molecule has 2 aromatic rings. The van der Waals surface area contributed by atoms with E-state index in [9.17, 15) is 9.59 Å². The normalized spacial score (nSPS) is 14.2. The molecule has 0 saturated carbocycles. The van der Waals surface area contributed by atoms with E-state index in [0.29, 0.717) is 18.5 Å². The Morgan fingerprint density at radius 3 is 2.59 bits per heavy atom. The van der Waals surface area contributed by atoms with Gasteiger partial charge in [0.15, 0.2) is 0 Å². The third-order valence-electron chi connectivity index (χ3n) is 4.50. The minimum absolute atomic E-state index is 0.131. The number of nitrogens with zero attached hydrogens (tertiary/aromatic N) is 2. The number of amides is 2. The predicted octanol–water partition coefficient (Wildman–Crippen LogP) is 3.88. The Morgan fingerprint density at radius 1 is 1.19 bits per heavy atom. The van der Waals surface area contributed by atoms with Crippen molar-refractivity contribution >= 4 is 34.9 Å². The number of carbonyl (C=O) groups excluding carboxylic acids is 2. The summed E-state index contributed by atoms with van der Waals surface area (Å²) in [6.45, 7) is 4.10. The molecule has 2 amide bonds. The molecule has 0 atom stereocenters. The molecule has 1 fully saturated rings. The Hall–Kier alpha value is -1.86. The summed E-state index contributed by atoms with van der Waals surface area (Å²) in [5, 5.41) is 6.01. The molecule has 1 aliphatic heterocycles. The van der Waals surface area contributed by atoms with Crippen LogP contribution < -0.4 is 5.32 Å². The summed E-state index contributed by atoms with van der Waals surface area (Å²) in [6.07, 6.45) is 3.75. The highest BCUT2D eigenvalue weighted by molar-refractivity contribution is 7.98. The lowest BCUT2D eigenvalue weighted by Gasteiger charge is -2.26. The van der Waals surface area contributed by atoms with Crippen molar-refractivity contribution in [3.63, 3.8) is 0 Å². The Morgan fingerprint density at radius 2 is 1.93 bits per heavy atom.